The number of carboxylic acid groups (broad SMARTS) is 1. The number of carbonyl (C=O) groups is 2. The molecule has 2 aliphatic rings. The molecule has 1 amide bonds. The molecule has 1 aliphatic carbocycles. The lowest BCUT2D eigenvalue weighted by molar-refractivity contribution is -0.142. The van der Waals surface area contributed by atoms with E-state index in [1.165, 1.54) is 0 Å². The van der Waals surface area contributed by atoms with Crippen molar-refractivity contribution in [3.05, 3.63) is 30.1 Å². The Labute approximate surface area is 104 Å². The SMILES string of the molecule is O=C(O)[C@@H]1CC(=O)N(C2CC2)[C@@H]1c1cccnc1. The van der Waals surface area contributed by atoms with Crippen molar-refractivity contribution in [2.24, 2.45) is 5.92 Å². The second-order valence-electron chi connectivity index (χ2n) is 4.91. The summed E-state index contributed by atoms with van der Waals surface area (Å²) in [5, 5.41) is 9.28. The van der Waals surface area contributed by atoms with Crippen LogP contribution in [0.3, 0.4) is 0 Å². The zero-order valence-electron chi connectivity index (χ0n) is 9.82. The second-order valence-corrected chi connectivity index (χ2v) is 4.91. The van der Waals surface area contributed by atoms with Crippen molar-refractivity contribution in [2.45, 2.75) is 31.3 Å². The molecular weight excluding hydrogens is 232 g/mol. The summed E-state index contributed by atoms with van der Waals surface area (Å²) in [6, 6.07) is 3.51. The summed E-state index contributed by atoms with van der Waals surface area (Å²) in [4.78, 5) is 29.1. The molecule has 1 aromatic heterocycles. The van der Waals surface area contributed by atoms with Gasteiger partial charge in [-0.15, -0.1) is 0 Å². The van der Waals surface area contributed by atoms with Crippen molar-refractivity contribution >= 4 is 11.9 Å². The molecule has 0 unspecified atom stereocenters. The van der Waals surface area contributed by atoms with Gasteiger partial charge in [0, 0.05) is 24.9 Å². The van der Waals surface area contributed by atoms with Crippen molar-refractivity contribution < 1.29 is 14.7 Å². The molecule has 1 saturated carbocycles. The highest BCUT2D eigenvalue weighted by atomic mass is 16.4. The highest BCUT2D eigenvalue weighted by Crippen LogP contribution is 2.44. The van der Waals surface area contributed by atoms with Crippen LogP contribution in [-0.4, -0.2) is 32.9 Å². The van der Waals surface area contributed by atoms with Gasteiger partial charge in [-0.25, -0.2) is 0 Å². The molecule has 94 valence electrons. The van der Waals surface area contributed by atoms with Gasteiger partial charge in [-0.3, -0.25) is 14.6 Å². The van der Waals surface area contributed by atoms with Crippen LogP contribution in [0.15, 0.2) is 24.5 Å². The largest absolute Gasteiger partial charge is 0.481 e. The van der Waals surface area contributed by atoms with E-state index in [4.69, 9.17) is 0 Å². The molecule has 0 radical (unpaired) electrons. The third-order valence-electron chi connectivity index (χ3n) is 3.65. The Morgan fingerprint density at radius 2 is 2.22 bits per heavy atom. The molecule has 5 heteroatoms. The minimum absolute atomic E-state index is 0.0428. The number of hydrogen-bond donors (Lipinski definition) is 1. The first kappa shape index (κ1) is 11.2. The molecule has 0 spiro atoms. The van der Waals surface area contributed by atoms with Gasteiger partial charge in [-0.1, -0.05) is 6.07 Å². The molecule has 5 nitrogen and oxygen atoms in total. The third-order valence-corrected chi connectivity index (χ3v) is 3.65. The zero-order chi connectivity index (χ0) is 12.7. The minimum Gasteiger partial charge on any atom is -0.481 e. The fraction of sp³-hybridized carbons (Fsp3) is 0.462. The van der Waals surface area contributed by atoms with Crippen LogP contribution in [0.1, 0.15) is 30.9 Å². The molecule has 0 bridgehead atoms. The van der Waals surface area contributed by atoms with E-state index in [2.05, 4.69) is 4.98 Å². The van der Waals surface area contributed by atoms with E-state index >= 15 is 0 Å². The number of hydrogen-bond acceptors (Lipinski definition) is 3. The number of pyridine rings is 1. The molecule has 0 aromatic carbocycles. The first-order chi connectivity index (χ1) is 8.68. The molecule has 1 saturated heterocycles. The molecule has 1 aromatic rings. The molecule has 2 atom stereocenters. The molecule has 1 N–H and O–H groups in total. The van der Waals surface area contributed by atoms with E-state index in [1.807, 2.05) is 6.07 Å². The Morgan fingerprint density at radius 3 is 2.78 bits per heavy atom. The fourth-order valence-electron chi connectivity index (χ4n) is 2.70. The number of aromatic nitrogens is 1. The van der Waals surface area contributed by atoms with Gasteiger partial charge in [0.05, 0.1) is 12.0 Å². The summed E-state index contributed by atoms with van der Waals surface area (Å²) < 4.78 is 0. The quantitative estimate of drug-likeness (QED) is 0.870. The number of nitrogens with zero attached hydrogens (tertiary/aromatic N) is 2. The summed E-state index contributed by atoms with van der Waals surface area (Å²) in [5.74, 6) is -1.60. The van der Waals surface area contributed by atoms with Gasteiger partial charge in [-0.05, 0) is 24.5 Å². The number of aliphatic carboxylic acids is 1. The van der Waals surface area contributed by atoms with Crippen LogP contribution in [0.4, 0.5) is 0 Å². The van der Waals surface area contributed by atoms with Crippen LogP contribution in [0.2, 0.25) is 0 Å². The molecule has 3 rings (SSSR count). The summed E-state index contributed by atoms with van der Waals surface area (Å²) in [7, 11) is 0. The first-order valence-electron chi connectivity index (χ1n) is 6.12. The van der Waals surface area contributed by atoms with Gasteiger partial charge in [0.1, 0.15) is 0 Å². The number of likely N-dealkylation sites (tertiary alicyclic amines) is 1. The maximum atomic E-state index is 12.0. The Hall–Kier alpha value is -1.91. The van der Waals surface area contributed by atoms with E-state index in [-0.39, 0.29) is 24.4 Å². The van der Waals surface area contributed by atoms with E-state index in [0.717, 1.165) is 18.4 Å². The fourth-order valence-corrected chi connectivity index (χ4v) is 2.70. The molecule has 2 heterocycles. The third kappa shape index (κ3) is 1.75. The van der Waals surface area contributed by atoms with Crippen molar-refractivity contribution in [3.63, 3.8) is 0 Å². The average Bonchev–Trinajstić information content (AvgIpc) is 3.13. The smallest absolute Gasteiger partial charge is 0.309 e. The Kier molecular flexibility index (Phi) is 2.54. The molecule has 18 heavy (non-hydrogen) atoms. The Morgan fingerprint density at radius 1 is 1.44 bits per heavy atom. The molecule has 1 aliphatic heterocycles. The van der Waals surface area contributed by atoms with Crippen LogP contribution in [0.25, 0.3) is 0 Å². The summed E-state index contributed by atoms with van der Waals surface area (Å²) in [6.45, 7) is 0. The van der Waals surface area contributed by atoms with Gasteiger partial charge in [0.15, 0.2) is 0 Å². The summed E-state index contributed by atoms with van der Waals surface area (Å²) in [6.07, 6.45) is 5.38. The lowest BCUT2D eigenvalue weighted by Gasteiger charge is -2.26. The normalized spacial score (nSPS) is 27.6. The summed E-state index contributed by atoms with van der Waals surface area (Å²) in [5.41, 5.74) is 0.822. The lowest BCUT2D eigenvalue weighted by atomic mass is 9.95. The monoisotopic (exact) mass is 246 g/mol. The van der Waals surface area contributed by atoms with Crippen molar-refractivity contribution in [1.29, 1.82) is 0 Å². The van der Waals surface area contributed by atoms with Crippen molar-refractivity contribution in [1.82, 2.24) is 9.88 Å². The highest BCUT2D eigenvalue weighted by molar-refractivity contribution is 5.87. The van der Waals surface area contributed by atoms with E-state index in [0.29, 0.717) is 0 Å². The van der Waals surface area contributed by atoms with Crippen LogP contribution in [0, 0.1) is 5.92 Å². The topological polar surface area (TPSA) is 70.5 Å². The van der Waals surface area contributed by atoms with Crippen LogP contribution < -0.4 is 0 Å². The van der Waals surface area contributed by atoms with E-state index in [1.54, 1.807) is 23.4 Å². The Balaban J connectivity index is 1.99. The van der Waals surface area contributed by atoms with Gasteiger partial charge in [0.25, 0.3) is 0 Å². The van der Waals surface area contributed by atoms with Gasteiger partial charge < -0.3 is 10.0 Å². The van der Waals surface area contributed by atoms with Crippen LogP contribution >= 0.6 is 0 Å². The predicted octanol–water partition coefficient (Wildman–Crippen LogP) is 1.22. The van der Waals surface area contributed by atoms with Crippen LogP contribution in [-0.2, 0) is 9.59 Å². The van der Waals surface area contributed by atoms with Crippen molar-refractivity contribution in [3.8, 4) is 0 Å². The summed E-state index contributed by atoms with van der Waals surface area (Å²) >= 11 is 0. The highest BCUT2D eigenvalue weighted by Gasteiger charge is 2.49. The second kappa shape index (κ2) is 4.08. The molecule has 2 fully saturated rings. The lowest BCUT2D eigenvalue weighted by Crippen LogP contribution is -2.32. The average molecular weight is 246 g/mol. The van der Waals surface area contributed by atoms with Crippen molar-refractivity contribution in [2.75, 3.05) is 0 Å². The van der Waals surface area contributed by atoms with E-state index in [9.17, 15) is 14.7 Å². The number of amides is 1. The van der Waals surface area contributed by atoms with E-state index < -0.39 is 11.9 Å². The number of carbonyl (C=O) groups excluding carboxylic acids is 1. The first-order valence-corrected chi connectivity index (χ1v) is 6.12. The zero-order valence-corrected chi connectivity index (χ0v) is 9.82. The minimum atomic E-state index is -0.902. The van der Waals surface area contributed by atoms with Crippen LogP contribution in [0.5, 0.6) is 0 Å². The maximum Gasteiger partial charge on any atom is 0.309 e. The van der Waals surface area contributed by atoms with Gasteiger partial charge in [-0.2, -0.15) is 0 Å². The molecular formula is C13H14N2O3. The number of carboxylic acids is 1. The maximum absolute atomic E-state index is 12.0. The standard InChI is InChI=1S/C13H14N2O3/c16-11-6-10(13(17)18)12(15(11)9-3-4-9)8-2-1-5-14-7-8/h1-2,5,7,9-10,12H,3-4,6H2,(H,17,18)/t10-,12-/m1/s1. The van der Waals surface area contributed by atoms with Gasteiger partial charge >= 0.3 is 5.97 Å². The van der Waals surface area contributed by atoms with Gasteiger partial charge in [0.2, 0.25) is 5.91 Å². The predicted molar refractivity (Wildman–Crippen MR) is 62.6 cm³/mol. The Bertz CT molecular complexity index is 484. The number of rotatable bonds is 3.